The van der Waals surface area contributed by atoms with E-state index in [1.54, 1.807) is 6.07 Å². The van der Waals surface area contributed by atoms with Crippen LogP contribution >= 0.6 is 34.5 Å². The Hall–Kier alpha value is -2.41. The molecule has 138 valence electrons. The van der Waals surface area contributed by atoms with Crippen LogP contribution in [0.4, 0.5) is 0 Å². The van der Waals surface area contributed by atoms with Crippen molar-refractivity contribution in [2.24, 2.45) is 0 Å². The minimum atomic E-state index is -0.399. The molecular formula is C19H15Cl2N3O2S. The van der Waals surface area contributed by atoms with Gasteiger partial charge < -0.3 is 10.6 Å². The summed E-state index contributed by atoms with van der Waals surface area (Å²) in [4.78, 5) is 28.5. The highest BCUT2D eigenvalue weighted by Crippen LogP contribution is 2.23. The third-order valence-electron chi connectivity index (χ3n) is 3.63. The number of carbonyl (C=O) groups excluding carboxylic acids is 2. The molecule has 3 aromatic rings. The number of halogens is 2. The fourth-order valence-corrected chi connectivity index (χ4v) is 3.38. The molecule has 0 saturated heterocycles. The summed E-state index contributed by atoms with van der Waals surface area (Å²) in [5, 5.41) is 8.72. The average Bonchev–Trinajstić information content (AvgIpc) is 3.16. The number of carbonyl (C=O) groups is 2. The molecule has 8 heteroatoms. The van der Waals surface area contributed by atoms with Crippen LogP contribution in [0.1, 0.15) is 16.1 Å². The predicted octanol–water partition coefficient (Wildman–Crippen LogP) is 4.16. The number of hydrogen-bond acceptors (Lipinski definition) is 4. The minimum Gasteiger partial charge on any atom is -0.349 e. The molecule has 0 aliphatic carbocycles. The lowest BCUT2D eigenvalue weighted by molar-refractivity contribution is -0.120. The molecule has 0 unspecified atom stereocenters. The summed E-state index contributed by atoms with van der Waals surface area (Å²) in [6, 6.07) is 14.4. The molecule has 1 aromatic heterocycles. The molecule has 0 spiro atoms. The van der Waals surface area contributed by atoms with Crippen LogP contribution in [0.2, 0.25) is 10.0 Å². The number of hydrogen-bond donors (Lipinski definition) is 2. The number of benzene rings is 2. The predicted molar refractivity (Wildman–Crippen MR) is 108 cm³/mol. The number of nitrogens with zero attached hydrogens (tertiary/aromatic N) is 1. The van der Waals surface area contributed by atoms with E-state index in [4.69, 9.17) is 23.2 Å². The van der Waals surface area contributed by atoms with Gasteiger partial charge in [0, 0.05) is 16.5 Å². The first-order valence-electron chi connectivity index (χ1n) is 8.02. The van der Waals surface area contributed by atoms with Crippen molar-refractivity contribution < 1.29 is 9.59 Å². The van der Waals surface area contributed by atoms with Crippen LogP contribution in [0.25, 0.3) is 10.6 Å². The molecular weight excluding hydrogens is 405 g/mol. The molecule has 0 saturated carbocycles. The van der Waals surface area contributed by atoms with Gasteiger partial charge in [0.15, 0.2) is 0 Å². The molecule has 3 rings (SSSR count). The molecule has 0 fully saturated rings. The van der Waals surface area contributed by atoms with Gasteiger partial charge >= 0.3 is 0 Å². The van der Waals surface area contributed by atoms with E-state index in [9.17, 15) is 9.59 Å². The zero-order valence-electron chi connectivity index (χ0n) is 14.0. The molecule has 0 bridgehead atoms. The lowest BCUT2D eigenvalue weighted by Gasteiger charge is -2.07. The Balaban J connectivity index is 1.48. The van der Waals surface area contributed by atoms with E-state index in [1.807, 2.05) is 35.7 Å². The van der Waals surface area contributed by atoms with Crippen molar-refractivity contribution in [1.29, 1.82) is 0 Å². The quantitative estimate of drug-likeness (QED) is 0.629. The van der Waals surface area contributed by atoms with E-state index < -0.39 is 5.91 Å². The largest absolute Gasteiger partial charge is 0.349 e. The van der Waals surface area contributed by atoms with Crippen LogP contribution in [0.3, 0.4) is 0 Å². The average molecular weight is 420 g/mol. The summed E-state index contributed by atoms with van der Waals surface area (Å²) in [5.74, 6) is -0.707. The second-order valence-electron chi connectivity index (χ2n) is 5.60. The van der Waals surface area contributed by atoms with Gasteiger partial charge in [0.1, 0.15) is 5.01 Å². The van der Waals surface area contributed by atoms with Gasteiger partial charge in [-0.3, -0.25) is 9.59 Å². The Morgan fingerprint density at radius 3 is 2.52 bits per heavy atom. The van der Waals surface area contributed by atoms with E-state index in [0.717, 1.165) is 16.3 Å². The first kappa shape index (κ1) is 19.4. The highest BCUT2D eigenvalue weighted by Gasteiger charge is 2.11. The van der Waals surface area contributed by atoms with Crippen molar-refractivity contribution in [3.05, 3.63) is 75.2 Å². The topological polar surface area (TPSA) is 71.1 Å². The SMILES string of the molecule is O=C(CNC(=O)c1ccc(Cl)c(Cl)c1)NCc1csc(-c2ccccc2)n1. The van der Waals surface area contributed by atoms with Gasteiger partial charge in [-0.25, -0.2) is 4.98 Å². The van der Waals surface area contributed by atoms with Gasteiger partial charge in [-0.05, 0) is 18.2 Å². The maximum absolute atomic E-state index is 12.0. The summed E-state index contributed by atoms with van der Waals surface area (Å²) >= 11 is 13.2. The fraction of sp³-hybridized carbons (Fsp3) is 0.105. The summed E-state index contributed by atoms with van der Waals surface area (Å²) < 4.78 is 0. The number of aromatic nitrogens is 1. The van der Waals surface area contributed by atoms with Gasteiger partial charge in [-0.1, -0.05) is 53.5 Å². The maximum atomic E-state index is 12.0. The second kappa shape index (κ2) is 8.99. The van der Waals surface area contributed by atoms with E-state index in [0.29, 0.717) is 17.1 Å². The number of amides is 2. The van der Waals surface area contributed by atoms with Crippen molar-refractivity contribution in [3.63, 3.8) is 0 Å². The Morgan fingerprint density at radius 2 is 1.78 bits per heavy atom. The fourth-order valence-electron chi connectivity index (χ4n) is 2.25. The Labute approximate surface area is 170 Å². The highest BCUT2D eigenvalue weighted by molar-refractivity contribution is 7.13. The molecule has 0 aliphatic heterocycles. The van der Waals surface area contributed by atoms with Gasteiger partial charge in [0.25, 0.3) is 5.91 Å². The lowest BCUT2D eigenvalue weighted by Crippen LogP contribution is -2.36. The van der Waals surface area contributed by atoms with Gasteiger partial charge in [-0.2, -0.15) is 0 Å². The minimum absolute atomic E-state index is 0.144. The van der Waals surface area contributed by atoms with Crippen molar-refractivity contribution in [2.45, 2.75) is 6.54 Å². The molecule has 2 amide bonds. The molecule has 0 atom stereocenters. The van der Waals surface area contributed by atoms with Crippen molar-refractivity contribution in [3.8, 4) is 10.6 Å². The Morgan fingerprint density at radius 1 is 1.00 bits per heavy atom. The first-order chi connectivity index (χ1) is 13.0. The molecule has 27 heavy (non-hydrogen) atoms. The summed E-state index contributed by atoms with van der Waals surface area (Å²) in [5.41, 5.74) is 2.14. The second-order valence-corrected chi connectivity index (χ2v) is 7.27. The molecule has 5 nitrogen and oxygen atoms in total. The van der Waals surface area contributed by atoms with Crippen LogP contribution in [0.5, 0.6) is 0 Å². The third kappa shape index (κ3) is 5.29. The Bertz CT molecular complexity index is 961. The van der Waals surface area contributed by atoms with Crippen LogP contribution in [-0.2, 0) is 11.3 Å². The lowest BCUT2D eigenvalue weighted by atomic mass is 10.2. The number of nitrogens with one attached hydrogen (secondary N) is 2. The summed E-state index contributed by atoms with van der Waals surface area (Å²) in [6.45, 7) is 0.152. The Kier molecular flexibility index (Phi) is 6.45. The third-order valence-corrected chi connectivity index (χ3v) is 5.31. The van der Waals surface area contributed by atoms with Crippen molar-refractivity contribution in [1.82, 2.24) is 15.6 Å². The van der Waals surface area contributed by atoms with Crippen molar-refractivity contribution in [2.75, 3.05) is 6.54 Å². The van der Waals surface area contributed by atoms with Gasteiger partial charge in [0.2, 0.25) is 5.91 Å². The zero-order chi connectivity index (χ0) is 19.2. The summed E-state index contributed by atoms with van der Waals surface area (Å²) in [6.07, 6.45) is 0. The number of thiazole rings is 1. The van der Waals surface area contributed by atoms with E-state index in [-0.39, 0.29) is 17.5 Å². The highest BCUT2D eigenvalue weighted by atomic mass is 35.5. The smallest absolute Gasteiger partial charge is 0.251 e. The van der Waals surface area contributed by atoms with Gasteiger partial charge in [0.05, 0.1) is 28.8 Å². The summed E-state index contributed by atoms with van der Waals surface area (Å²) in [7, 11) is 0. The van der Waals surface area contributed by atoms with Crippen LogP contribution in [-0.4, -0.2) is 23.3 Å². The molecule has 0 radical (unpaired) electrons. The van der Waals surface area contributed by atoms with E-state index >= 15 is 0 Å². The van der Waals surface area contributed by atoms with Crippen molar-refractivity contribution >= 4 is 46.4 Å². The molecule has 2 N–H and O–H groups in total. The van der Waals surface area contributed by atoms with E-state index in [2.05, 4.69) is 15.6 Å². The first-order valence-corrected chi connectivity index (χ1v) is 9.66. The molecule has 2 aromatic carbocycles. The van der Waals surface area contributed by atoms with Crippen LogP contribution in [0, 0.1) is 0 Å². The molecule has 0 aliphatic rings. The molecule has 1 heterocycles. The van der Waals surface area contributed by atoms with Crippen LogP contribution < -0.4 is 10.6 Å². The van der Waals surface area contributed by atoms with Gasteiger partial charge in [-0.15, -0.1) is 11.3 Å². The maximum Gasteiger partial charge on any atom is 0.251 e. The van der Waals surface area contributed by atoms with E-state index in [1.165, 1.54) is 23.5 Å². The zero-order valence-corrected chi connectivity index (χ0v) is 16.4. The van der Waals surface area contributed by atoms with Crippen LogP contribution in [0.15, 0.2) is 53.9 Å². The normalized spacial score (nSPS) is 10.4. The number of rotatable bonds is 6. The standard InChI is InChI=1S/C19H15Cl2N3O2S/c20-15-7-6-13(8-16(15)21)18(26)23-10-17(25)22-9-14-11-27-19(24-14)12-4-2-1-3-5-12/h1-8,11H,9-10H2,(H,22,25)(H,23,26). The monoisotopic (exact) mass is 419 g/mol.